The standard InChI is InChI=1S/C17H24N2O3/c1-13-11-14(3-7-18-13)15(20)19-8-4-17(5-9-19)12-16(2,21)6-10-22-17/h3,7,11,21H,4-6,8-10,12H2,1-2H3. The van der Waals surface area contributed by atoms with Crippen LogP contribution in [0, 0.1) is 6.92 Å². The highest BCUT2D eigenvalue weighted by molar-refractivity contribution is 5.94. The summed E-state index contributed by atoms with van der Waals surface area (Å²) in [6, 6.07) is 3.59. The van der Waals surface area contributed by atoms with E-state index in [0.29, 0.717) is 38.1 Å². The molecule has 2 saturated heterocycles. The van der Waals surface area contributed by atoms with Gasteiger partial charge in [0.15, 0.2) is 0 Å². The quantitative estimate of drug-likeness (QED) is 0.861. The molecule has 1 atom stereocenters. The maximum absolute atomic E-state index is 12.6. The first-order valence-corrected chi connectivity index (χ1v) is 7.98. The molecule has 1 aromatic rings. The minimum Gasteiger partial charge on any atom is -0.390 e. The molecular formula is C17H24N2O3. The van der Waals surface area contributed by atoms with Crippen molar-refractivity contribution < 1.29 is 14.6 Å². The molecule has 2 fully saturated rings. The Balaban J connectivity index is 1.65. The van der Waals surface area contributed by atoms with Crippen LogP contribution in [0.15, 0.2) is 18.3 Å². The molecule has 5 nitrogen and oxygen atoms in total. The summed E-state index contributed by atoms with van der Waals surface area (Å²) >= 11 is 0. The van der Waals surface area contributed by atoms with Gasteiger partial charge in [-0.25, -0.2) is 0 Å². The Morgan fingerprint density at radius 1 is 1.36 bits per heavy atom. The van der Waals surface area contributed by atoms with E-state index in [1.807, 2.05) is 24.8 Å². The van der Waals surface area contributed by atoms with Crippen LogP contribution in [0.4, 0.5) is 0 Å². The third-order valence-electron chi connectivity index (χ3n) is 4.86. The molecule has 2 aliphatic heterocycles. The molecule has 0 aromatic carbocycles. The second kappa shape index (κ2) is 5.63. The number of rotatable bonds is 1. The van der Waals surface area contributed by atoms with Gasteiger partial charge in [-0.3, -0.25) is 9.78 Å². The zero-order valence-corrected chi connectivity index (χ0v) is 13.3. The number of likely N-dealkylation sites (tertiary alicyclic amines) is 1. The highest BCUT2D eigenvalue weighted by atomic mass is 16.5. The number of hydrogen-bond acceptors (Lipinski definition) is 4. The monoisotopic (exact) mass is 304 g/mol. The Morgan fingerprint density at radius 3 is 2.73 bits per heavy atom. The minimum atomic E-state index is -0.646. The molecule has 2 aliphatic rings. The van der Waals surface area contributed by atoms with Gasteiger partial charge in [0, 0.05) is 37.0 Å². The first kappa shape index (κ1) is 15.4. The lowest BCUT2D eigenvalue weighted by Gasteiger charge is -2.48. The fourth-order valence-corrected chi connectivity index (χ4v) is 3.62. The van der Waals surface area contributed by atoms with Gasteiger partial charge in [-0.05, 0) is 45.2 Å². The Bertz CT molecular complexity index is 563. The summed E-state index contributed by atoms with van der Waals surface area (Å²) in [4.78, 5) is 18.6. The summed E-state index contributed by atoms with van der Waals surface area (Å²) in [5.41, 5.74) is 0.644. The van der Waals surface area contributed by atoms with Gasteiger partial charge in [-0.2, -0.15) is 0 Å². The molecule has 1 spiro atoms. The van der Waals surface area contributed by atoms with Crippen LogP contribution in [0.2, 0.25) is 0 Å². The number of carbonyl (C=O) groups excluding carboxylic acids is 1. The number of aromatic nitrogens is 1. The maximum Gasteiger partial charge on any atom is 0.253 e. The largest absolute Gasteiger partial charge is 0.390 e. The van der Waals surface area contributed by atoms with Crippen LogP contribution < -0.4 is 0 Å². The summed E-state index contributed by atoms with van der Waals surface area (Å²) in [6.45, 7) is 5.73. The molecule has 1 unspecified atom stereocenters. The summed E-state index contributed by atoms with van der Waals surface area (Å²) in [5.74, 6) is 0.0583. The van der Waals surface area contributed by atoms with Crippen molar-refractivity contribution in [1.29, 1.82) is 0 Å². The number of piperidine rings is 1. The summed E-state index contributed by atoms with van der Waals surface area (Å²) in [6.07, 6.45) is 4.61. The first-order chi connectivity index (χ1) is 10.4. The van der Waals surface area contributed by atoms with E-state index in [1.165, 1.54) is 0 Å². The van der Waals surface area contributed by atoms with E-state index in [9.17, 15) is 9.90 Å². The third kappa shape index (κ3) is 3.15. The number of ether oxygens (including phenoxy) is 1. The number of hydrogen-bond donors (Lipinski definition) is 1. The molecular weight excluding hydrogens is 280 g/mol. The maximum atomic E-state index is 12.6. The van der Waals surface area contributed by atoms with Crippen LogP contribution in [0.1, 0.15) is 48.7 Å². The van der Waals surface area contributed by atoms with Crippen LogP contribution in [0.3, 0.4) is 0 Å². The van der Waals surface area contributed by atoms with Gasteiger partial charge in [0.1, 0.15) is 0 Å². The van der Waals surface area contributed by atoms with E-state index in [0.717, 1.165) is 18.5 Å². The molecule has 120 valence electrons. The number of aryl methyl sites for hydroxylation is 1. The van der Waals surface area contributed by atoms with E-state index < -0.39 is 5.60 Å². The topological polar surface area (TPSA) is 62.7 Å². The zero-order valence-electron chi connectivity index (χ0n) is 13.3. The lowest BCUT2D eigenvalue weighted by Crippen LogP contribution is -2.54. The highest BCUT2D eigenvalue weighted by Gasteiger charge is 2.44. The van der Waals surface area contributed by atoms with Crippen molar-refractivity contribution >= 4 is 5.91 Å². The molecule has 0 saturated carbocycles. The molecule has 1 amide bonds. The zero-order chi connectivity index (χ0) is 15.8. The van der Waals surface area contributed by atoms with Crippen LogP contribution >= 0.6 is 0 Å². The molecule has 0 aliphatic carbocycles. The Morgan fingerprint density at radius 2 is 2.09 bits per heavy atom. The number of pyridine rings is 1. The van der Waals surface area contributed by atoms with E-state index in [-0.39, 0.29) is 11.5 Å². The summed E-state index contributed by atoms with van der Waals surface area (Å²) in [7, 11) is 0. The minimum absolute atomic E-state index is 0.0583. The predicted octanol–water partition coefficient (Wildman–Crippen LogP) is 1.93. The molecule has 22 heavy (non-hydrogen) atoms. The first-order valence-electron chi connectivity index (χ1n) is 7.98. The van der Waals surface area contributed by atoms with E-state index in [1.54, 1.807) is 12.3 Å². The van der Waals surface area contributed by atoms with Gasteiger partial charge in [0.05, 0.1) is 17.8 Å². The van der Waals surface area contributed by atoms with Gasteiger partial charge in [0.2, 0.25) is 0 Å². The van der Waals surface area contributed by atoms with Crippen molar-refractivity contribution in [3.8, 4) is 0 Å². The average molecular weight is 304 g/mol. The SMILES string of the molecule is Cc1cc(C(=O)N2CCC3(CC2)CC(C)(O)CCO3)ccn1. The molecule has 3 rings (SSSR count). The second-order valence-electron chi connectivity index (χ2n) is 6.93. The van der Waals surface area contributed by atoms with Gasteiger partial charge in [0.25, 0.3) is 5.91 Å². The normalized spacial score (nSPS) is 27.9. The predicted molar refractivity (Wildman–Crippen MR) is 82.7 cm³/mol. The molecule has 1 N–H and O–H groups in total. The van der Waals surface area contributed by atoms with Gasteiger partial charge in [-0.1, -0.05) is 0 Å². The molecule has 5 heteroatoms. The average Bonchev–Trinajstić information content (AvgIpc) is 2.46. The van der Waals surface area contributed by atoms with E-state index in [4.69, 9.17) is 4.74 Å². The third-order valence-corrected chi connectivity index (χ3v) is 4.86. The van der Waals surface area contributed by atoms with Gasteiger partial charge < -0.3 is 14.7 Å². The van der Waals surface area contributed by atoms with Crippen molar-refractivity contribution in [3.05, 3.63) is 29.6 Å². The number of amides is 1. The Labute approximate surface area is 131 Å². The molecule has 1 aromatic heterocycles. The van der Waals surface area contributed by atoms with Crippen molar-refractivity contribution in [2.24, 2.45) is 0 Å². The van der Waals surface area contributed by atoms with Crippen LogP contribution in [0.25, 0.3) is 0 Å². The van der Waals surface area contributed by atoms with Crippen LogP contribution in [-0.4, -0.2) is 51.8 Å². The fourth-order valence-electron chi connectivity index (χ4n) is 3.62. The van der Waals surface area contributed by atoms with Crippen molar-refractivity contribution in [3.63, 3.8) is 0 Å². The summed E-state index contributed by atoms with van der Waals surface area (Å²) in [5, 5.41) is 10.3. The fraction of sp³-hybridized carbons (Fsp3) is 0.647. The highest BCUT2D eigenvalue weighted by Crippen LogP contribution is 2.39. The van der Waals surface area contributed by atoms with Crippen molar-refractivity contribution in [2.75, 3.05) is 19.7 Å². The Kier molecular flexibility index (Phi) is 3.95. The molecule has 0 bridgehead atoms. The second-order valence-corrected chi connectivity index (χ2v) is 6.93. The lowest BCUT2D eigenvalue weighted by molar-refractivity contribution is -0.170. The van der Waals surface area contributed by atoms with Crippen molar-refractivity contribution in [1.82, 2.24) is 9.88 Å². The molecule has 3 heterocycles. The van der Waals surface area contributed by atoms with E-state index in [2.05, 4.69) is 4.98 Å². The number of aliphatic hydroxyl groups is 1. The number of carbonyl (C=O) groups is 1. The molecule has 0 radical (unpaired) electrons. The van der Waals surface area contributed by atoms with Crippen LogP contribution in [-0.2, 0) is 4.74 Å². The van der Waals surface area contributed by atoms with Gasteiger partial charge >= 0.3 is 0 Å². The van der Waals surface area contributed by atoms with Gasteiger partial charge in [-0.15, -0.1) is 0 Å². The van der Waals surface area contributed by atoms with Crippen LogP contribution in [0.5, 0.6) is 0 Å². The smallest absolute Gasteiger partial charge is 0.253 e. The lowest BCUT2D eigenvalue weighted by atomic mass is 9.78. The van der Waals surface area contributed by atoms with Crippen molar-refractivity contribution in [2.45, 2.75) is 50.7 Å². The number of nitrogens with zero attached hydrogens (tertiary/aromatic N) is 2. The summed E-state index contributed by atoms with van der Waals surface area (Å²) < 4.78 is 5.99. The Hall–Kier alpha value is -1.46. The van der Waals surface area contributed by atoms with E-state index >= 15 is 0 Å².